The second kappa shape index (κ2) is 11.4. The number of hydrogen-bond acceptors (Lipinski definition) is 4. The molecule has 31 heavy (non-hydrogen) atoms. The molecule has 2 amide bonds. The van der Waals surface area contributed by atoms with Gasteiger partial charge in [0.2, 0.25) is 11.8 Å². The van der Waals surface area contributed by atoms with Gasteiger partial charge in [-0.15, -0.1) is 0 Å². The zero-order chi connectivity index (χ0) is 21.9. The summed E-state index contributed by atoms with van der Waals surface area (Å²) in [5.41, 5.74) is 3.20. The number of carbonyl (C=O) groups is 2. The number of ether oxygens (including phenoxy) is 1. The highest BCUT2D eigenvalue weighted by atomic mass is 16.5. The number of carbonyl (C=O) groups excluding carboxylic acids is 2. The first-order valence-corrected chi connectivity index (χ1v) is 10.3. The fourth-order valence-corrected chi connectivity index (χ4v) is 2.95. The summed E-state index contributed by atoms with van der Waals surface area (Å²) in [6.45, 7) is 2.52. The third kappa shape index (κ3) is 7.51. The molecule has 6 heteroatoms. The number of amides is 2. The van der Waals surface area contributed by atoms with Crippen molar-refractivity contribution in [1.29, 1.82) is 0 Å². The van der Waals surface area contributed by atoms with Gasteiger partial charge in [-0.2, -0.15) is 0 Å². The smallest absolute Gasteiger partial charge is 0.243 e. The number of anilines is 3. The fourth-order valence-electron chi connectivity index (χ4n) is 2.95. The Labute approximate surface area is 182 Å². The van der Waals surface area contributed by atoms with Crippen LogP contribution in [0.15, 0.2) is 78.9 Å². The van der Waals surface area contributed by atoms with Crippen LogP contribution in [-0.4, -0.2) is 18.4 Å². The maximum Gasteiger partial charge on any atom is 0.243 e. The van der Waals surface area contributed by atoms with E-state index in [4.69, 9.17) is 4.74 Å². The van der Waals surface area contributed by atoms with E-state index in [1.165, 1.54) is 0 Å². The normalized spacial score (nSPS) is 10.2. The van der Waals surface area contributed by atoms with Gasteiger partial charge in [0.15, 0.2) is 0 Å². The van der Waals surface area contributed by atoms with E-state index in [0.29, 0.717) is 30.2 Å². The van der Waals surface area contributed by atoms with Crippen LogP contribution in [0.25, 0.3) is 0 Å². The highest BCUT2D eigenvalue weighted by molar-refractivity contribution is 5.94. The molecule has 160 valence electrons. The van der Waals surface area contributed by atoms with E-state index >= 15 is 0 Å². The molecule has 0 unspecified atom stereocenters. The summed E-state index contributed by atoms with van der Waals surface area (Å²) < 4.78 is 5.80. The number of hydrogen-bond donors (Lipinski definition) is 3. The molecule has 0 aliphatic rings. The minimum absolute atomic E-state index is 0.0215. The lowest BCUT2D eigenvalue weighted by molar-refractivity contribution is -0.116. The lowest BCUT2D eigenvalue weighted by Crippen LogP contribution is -2.21. The van der Waals surface area contributed by atoms with E-state index in [2.05, 4.69) is 16.0 Å². The first-order chi connectivity index (χ1) is 15.1. The van der Waals surface area contributed by atoms with Gasteiger partial charge in [0.1, 0.15) is 12.4 Å². The molecule has 0 spiro atoms. The van der Waals surface area contributed by atoms with Crippen molar-refractivity contribution in [2.24, 2.45) is 0 Å². The van der Waals surface area contributed by atoms with E-state index in [-0.39, 0.29) is 18.4 Å². The Morgan fingerprint density at radius 2 is 1.45 bits per heavy atom. The number of rotatable bonds is 10. The number of nitrogens with one attached hydrogen (secondary N) is 3. The Kier molecular flexibility index (Phi) is 8.05. The highest BCUT2D eigenvalue weighted by Crippen LogP contribution is 2.19. The quantitative estimate of drug-likeness (QED) is 0.431. The molecule has 0 saturated heterocycles. The number of benzene rings is 3. The maximum atomic E-state index is 12.3. The maximum absolute atomic E-state index is 12.3. The van der Waals surface area contributed by atoms with Crippen LogP contribution in [0.5, 0.6) is 5.75 Å². The lowest BCUT2D eigenvalue weighted by Gasteiger charge is -2.11. The first-order valence-electron chi connectivity index (χ1n) is 10.3. The zero-order valence-corrected chi connectivity index (χ0v) is 17.6. The van der Waals surface area contributed by atoms with Gasteiger partial charge in [0.25, 0.3) is 0 Å². The Morgan fingerprint density at radius 3 is 2.23 bits per heavy atom. The molecule has 0 bridgehead atoms. The highest BCUT2D eigenvalue weighted by Gasteiger charge is 2.06. The molecule has 0 aliphatic heterocycles. The summed E-state index contributed by atoms with van der Waals surface area (Å²) in [4.78, 5) is 24.1. The Bertz CT molecular complexity index is 1010. The molecule has 3 rings (SSSR count). The molecule has 0 aromatic heterocycles. The van der Waals surface area contributed by atoms with Crippen LogP contribution in [0.3, 0.4) is 0 Å². The molecular formula is C25H27N3O3. The second-order valence-corrected chi connectivity index (χ2v) is 7.08. The van der Waals surface area contributed by atoms with Crippen molar-refractivity contribution in [2.75, 3.05) is 22.5 Å². The summed E-state index contributed by atoms with van der Waals surface area (Å²) in [5.74, 6) is 0.484. The summed E-state index contributed by atoms with van der Waals surface area (Å²) in [5, 5.41) is 8.79. The van der Waals surface area contributed by atoms with E-state index in [1.54, 1.807) is 12.1 Å². The van der Waals surface area contributed by atoms with E-state index in [1.807, 2.05) is 73.7 Å². The SMILES string of the molecule is CCCC(=O)Nc1cccc(NCC(=O)Nc2cccc(OCc3ccccc3)c2)c1. The summed E-state index contributed by atoms with van der Waals surface area (Å²) in [6.07, 6.45) is 1.27. The van der Waals surface area contributed by atoms with Crippen molar-refractivity contribution < 1.29 is 14.3 Å². The van der Waals surface area contributed by atoms with Crippen molar-refractivity contribution in [3.05, 3.63) is 84.4 Å². The van der Waals surface area contributed by atoms with Crippen LogP contribution in [-0.2, 0) is 16.2 Å². The first kappa shape index (κ1) is 21.9. The van der Waals surface area contributed by atoms with Gasteiger partial charge >= 0.3 is 0 Å². The van der Waals surface area contributed by atoms with E-state index in [9.17, 15) is 9.59 Å². The summed E-state index contributed by atoms with van der Waals surface area (Å²) in [7, 11) is 0. The van der Waals surface area contributed by atoms with Crippen molar-refractivity contribution in [3.8, 4) is 5.75 Å². The molecule has 0 radical (unpaired) electrons. The molecule has 6 nitrogen and oxygen atoms in total. The monoisotopic (exact) mass is 417 g/mol. The zero-order valence-electron chi connectivity index (χ0n) is 17.6. The van der Waals surface area contributed by atoms with Crippen LogP contribution in [0.1, 0.15) is 25.3 Å². The van der Waals surface area contributed by atoms with Gasteiger partial charge in [-0.05, 0) is 42.3 Å². The summed E-state index contributed by atoms with van der Waals surface area (Å²) >= 11 is 0. The molecule has 0 aliphatic carbocycles. The van der Waals surface area contributed by atoms with Crippen molar-refractivity contribution >= 4 is 28.9 Å². The Balaban J connectivity index is 1.49. The molecule has 0 heterocycles. The van der Waals surface area contributed by atoms with Gasteiger partial charge < -0.3 is 20.7 Å². The largest absolute Gasteiger partial charge is 0.489 e. The van der Waals surface area contributed by atoms with Crippen LogP contribution >= 0.6 is 0 Å². The average Bonchev–Trinajstić information content (AvgIpc) is 2.78. The molecule has 0 atom stereocenters. The van der Waals surface area contributed by atoms with Gasteiger partial charge in [0.05, 0.1) is 6.54 Å². The van der Waals surface area contributed by atoms with Crippen molar-refractivity contribution in [2.45, 2.75) is 26.4 Å². The predicted octanol–water partition coefficient (Wildman–Crippen LogP) is 5.05. The van der Waals surface area contributed by atoms with Crippen molar-refractivity contribution in [3.63, 3.8) is 0 Å². The lowest BCUT2D eigenvalue weighted by atomic mass is 10.2. The standard InChI is InChI=1S/C25H27N3O3/c1-2-8-24(29)27-21-12-6-11-20(15-21)26-17-25(30)28-22-13-7-14-23(16-22)31-18-19-9-4-3-5-10-19/h3-7,9-16,26H,2,8,17-18H2,1H3,(H,27,29)(H,28,30). The summed E-state index contributed by atoms with van der Waals surface area (Å²) in [6, 6.07) is 24.5. The molecule has 0 saturated carbocycles. The average molecular weight is 418 g/mol. The van der Waals surface area contributed by atoms with E-state index in [0.717, 1.165) is 17.7 Å². The molecule has 0 fully saturated rings. The van der Waals surface area contributed by atoms with Gasteiger partial charge in [-0.3, -0.25) is 9.59 Å². The Morgan fingerprint density at radius 1 is 0.774 bits per heavy atom. The minimum Gasteiger partial charge on any atom is -0.489 e. The van der Waals surface area contributed by atoms with Crippen LogP contribution < -0.4 is 20.7 Å². The van der Waals surface area contributed by atoms with Gasteiger partial charge in [-0.25, -0.2) is 0 Å². The van der Waals surface area contributed by atoms with Crippen LogP contribution in [0.2, 0.25) is 0 Å². The fraction of sp³-hybridized carbons (Fsp3) is 0.200. The predicted molar refractivity (Wildman–Crippen MR) is 124 cm³/mol. The minimum atomic E-state index is -0.180. The van der Waals surface area contributed by atoms with Gasteiger partial charge in [0, 0.05) is 29.5 Å². The molecular weight excluding hydrogens is 390 g/mol. The topological polar surface area (TPSA) is 79.5 Å². The molecule has 3 aromatic carbocycles. The third-order valence-electron chi connectivity index (χ3n) is 4.44. The van der Waals surface area contributed by atoms with Crippen LogP contribution in [0, 0.1) is 0 Å². The van der Waals surface area contributed by atoms with E-state index < -0.39 is 0 Å². The van der Waals surface area contributed by atoms with Gasteiger partial charge in [-0.1, -0.05) is 49.4 Å². The Hall–Kier alpha value is -3.80. The second-order valence-electron chi connectivity index (χ2n) is 7.08. The van der Waals surface area contributed by atoms with Crippen LogP contribution in [0.4, 0.5) is 17.1 Å². The third-order valence-corrected chi connectivity index (χ3v) is 4.44. The molecule has 3 N–H and O–H groups in total. The van der Waals surface area contributed by atoms with Crippen molar-refractivity contribution in [1.82, 2.24) is 0 Å². The molecule has 3 aromatic rings.